The van der Waals surface area contributed by atoms with E-state index in [1.54, 1.807) is 6.20 Å². The zero-order valence-electron chi connectivity index (χ0n) is 14.6. The Hall–Kier alpha value is -1.62. The molecule has 2 heterocycles. The van der Waals surface area contributed by atoms with Crippen molar-refractivity contribution in [3.63, 3.8) is 0 Å². The smallest absolute Gasteiger partial charge is 0.191 e. The molecule has 1 aromatic carbocycles. The van der Waals surface area contributed by atoms with Gasteiger partial charge in [0, 0.05) is 24.3 Å². The molecule has 2 N–H and O–H groups in total. The summed E-state index contributed by atoms with van der Waals surface area (Å²) in [6.07, 6.45) is 4.36. The summed E-state index contributed by atoms with van der Waals surface area (Å²) in [6.45, 7) is 3.17. The summed E-state index contributed by atoms with van der Waals surface area (Å²) in [4.78, 5) is 4.55. The van der Waals surface area contributed by atoms with E-state index in [1.807, 2.05) is 48.1 Å². The van der Waals surface area contributed by atoms with Crippen LogP contribution in [0.5, 0.6) is 0 Å². The quantitative estimate of drug-likeness (QED) is 0.380. The monoisotopic (exact) mass is 489 g/mol. The van der Waals surface area contributed by atoms with Gasteiger partial charge in [0.15, 0.2) is 15.8 Å². The van der Waals surface area contributed by atoms with E-state index >= 15 is 0 Å². The molecular weight excluding hydrogens is 465 g/mol. The minimum Gasteiger partial charge on any atom is -0.357 e. The topological polar surface area (TPSA) is 88.4 Å². The van der Waals surface area contributed by atoms with Gasteiger partial charge in [0.05, 0.1) is 29.9 Å². The number of benzene rings is 1. The fraction of sp³-hybridized carbons (Fsp3) is 0.412. The zero-order chi connectivity index (χ0) is 17.7. The van der Waals surface area contributed by atoms with Crippen LogP contribution >= 0.6 is 24.0 Å². The number of halogens is 1. The number of nitrogens with zero attached hydrogens (tertiary/aromatic N) is 3. The number of nitrogens with one attached hydrogen (secondary N) is 2. The Morgan fingerprint density at radius 1 is 1.35 bits per heavy atom. The molecule has 0 spiro atoms. The number of guanidine groups is 1. The summed E-state index contributed by atoms with van der Waals surface area (Å²) < 4.78 is 25.0. The van der Waals surface area contributed by atoms with Crippen molar-refractivity contribution in [2.24, 2.45) is 4.99 Å². The second-order valence-corrected chi connectivity index (χ2v) is 8.30. The van der Waals surface area contributed by atoms with Crippen LogP contribution in [0.4, 0.5) is 0 Å². The molecule has 26 heavy (non-hydrogen) atoms. The predicted molar refractivity (Wildman–Crippen MR) is 114 cm³/mol. The fourth-order valence-electron chi connectivity index (χ4n) is 2.76. The Kier molecular flexibility index (Phi) is 7.44. The number of hydrogen-bond donors (Lipinski definition) is 2. The van der Waals surface area contributed by atoms with E-state index in [-0.39, 0.29) is 41.5 Å². The lowest BCUT2D eigenvalue weighted by Crippen LogP contribution is -2.44. The molecule has 0 bridgehead atoms. The Morgan fingerprint density at radius 3 is 2.77 bits per heavy atom. The molecule has 1 aliphatic heterocycles. The van der Waals surface area contributed by atoms with Gasteiger partial charge in [-0.05, 0) is 25.5 Å². The van der Waals surface area contributed by atoms with Crippen molar-refractivity contribution in [2.75, 3.05) is 18.1 Å². The van der Waals surface area contributed by atoms with Gasteiger partial charge in [0.2, 0.25) is 0 Å². The fourth-order valence-corrected chi connectivity index (χ4v) is 4.43. The summed E-state index contributed by atoms with van der Waals surface area (Å²) >= 11 is 0. The Balaban J connectivity index is 0.00000243. The summed E-state index contributed by atoms with van der Waals surface area (Å²) in [6, 6.07) is 9.82. The maximum atomic E-state index is 11.6. The van der Waals surface area contributed by atoms with Gasteiger partial charge in [-0.25, -0.2) is 18.1 Å². The third-order valence-corrected chi connectivity index (χ3v) is 5.76. The third-order valence-electron chi connectivity index (χ3n) is 3.99. The van der Waals surface area contributed by atoms with Crippen LogP contribution in [0.2, 0.25) is 0 Å². The van der Waals surface area contributed by atoms with Crippen LogP contribution < -0.4 is 10.6 Å². The third kappa shape index (κ3) is 5.70. The molecule has 1 saturated heterocycles. The van der Waals surface area contributed by atoms with Crippen molar-refractivity contribution in [3.05, 3.63) is 48.3 Å². The van der Waals surface area contributed by atoms with Crippen LogP contribution in [0.3, 0.4) is 0 Å². The highest BCUT2D eigenvalue weighted by Crippen LogP contribution is 2.11. The first kappa shape index (κ1) is 20.7. The highest BCUT2D eigenvalue weighted by Gasteiger charge is 2.28. The molecule has 1 atom stereocenters. The molecule has 1 unspecified atom stereocenters. The minimum absolute atomic E-state index is 0. The Labute approximate surface area is 171 Å². The zero-order valence-corrected chi connectivity index (χ0v) is 17.8. The van der Waals surface area contributed by atoms with Crippen LogP contribution in [0.1, 0.15) is 18.9 Å². The first-order chi connectivity index (χ1) is 12.1. The van der Waals surface area contributed by atoms with Gasteiger partial charge in [0.25, 0.3) is 0 Å². The highest BCUT2D eigenvalue weighted by molar-refractivity contribution is 14.0. The Morgan fingerprint density at radius 2 is 2.12 bits per heavy atom. The molecule has 9 heteroatoms. The van der Waals surface area contributed by atoms with E-state index in [0.29, 0.717) is 25.5 Å². The van der Waals surface area contributed by atoms with Gasteiger partial charge in [-0.15, -0.1) is 24.0 Å². The van der Waals surface area contributed by atoms with Crippen LogP contribution in [0.25, 0.3) is 5.69 Å². The number of sulfone groups is 1. The largest absolute Gasteiger partial charge is 0.357 e. The lowest BCUT2D eigenvalue weighted by Gasteiger charge is -2.15. The second-order valence-electron chi connectivity index (χ2n) is 6.07. The van der Waals surface area contributed by atoms with E-state index in [4.69, 9.17) is 0 Å². The van der Waals surface area contributed by atoms with Gasteiger partial charge in [0.1, 0.15) is 0 Å². The molecule has 1 aromatic heterocycles. The predicted octanol–water partition coefficient (Wildman–Crippen LogP) is 1.73. The molecule has 1 aliphatic rings. The number of para-hydroxylation sites is 1. The summed E-state index contributed by atoms with van der Waals surface area (Å²) in [7, 11) is -2.91. The van der Waals surface area contributed by atoms with Crippen molar-refractivity contribution in [2.45, 2.75) is 25.9 Å². The SMILES string of the molecule is CCNC(=NCc1cnn(-c2ccccc2)c1)NC1CCS(=O)(=O)C1.I. The standard InChI is InChI=1S/C17H23N5O2S.HI/c1-2-18-17(21-15-8-9-25(23,24)13-15)19-10-14-11-20-22(12-14)16-6-4-3-5-7-16;/h3-7,11-12,15H,2,8-10,13H2,1H3,(H2,18,19,21);1H. The average Bonchev–Trinajstić information content (AvgIpc) is 3.20. The summed E-state index contributed by atoms with van der Waals surface area (Å²) in [5.41, 5.74) is 1.99. The molecule has 0 aliphatic carbocycles. The van der Waals surface area contributed by atoms with Crippen molar-refractivity contribution in [1.29, 1.82) is 0 Å². The van der Waals surface area contributed by atoms with Crippen LogP contribution in [0, 0.1) is 0 Å². The molecule has 3 rings (SSSR count). The summed E-state index contributed by atoms with van der Waals surface area (Å²) in [5, 5.41) is 10.7. The number of hydrogen-bond acceptors (Lipinski definition) is 4. The minimum atomic E-state index is -2.91. The number of rotatable bonds is 5. The first-order valence-electron chi connectivity index (χ1n) is 8.40. The number of aliphatic imine (C=N–C) groups is 1. The average molecular weight is 489 g/mol. The van der Waals surface area contributed by atoms with Crippen molar-refractivity contribution in [1.82, 2.24) is 20.4 Å². The van der Waals surface area contributed by atoms with E-state index in [2.05, 4.69) is 20.7 Å². The second kappa shape index (κ2) is 9.36. The van der Waals surface area contributed by atoms with Gasteiger partial charge < -0.3 is 10.6 Å². The molecule has 142 valence electrons. The first-order valence-corrected chi connectivity index (χ1v) is 10.2. The lowest BCUT2D eigenvalue weighted by molar-refractivity contribution is 0.599. The summed E-state index contributed by atoms with van der Waals surface area (Å²) in [5.74, 6) is 1.05. The molecule has 1 fully saturated rings. The highest BCUT2D eigenvalue weighted by atomic mass is 127. The van der Waals surface area contributed by atoms with Gasteiger partial charge in [-0.2, -0.15) is 5.10 Å². The van der Waals surface area contributed by atoms with Crippen molar-refractivity contribution >= 4 is 39.8 Å². The Bertz CT molecular complexity index is 836. The van der Waals surface area contributed by atoms with Crippen molar-refractivity contribution in [3.8, 4) is 5.69 Å². The maximum Gasteiger partial charge on any atom is 0.191 e. The molecular formula is C17H24IN5O2S. The lowest BCUT2D eigenvalue weighted by atomic mass is 10.3. The molecule has 2 aromatic rings. The van der Waals surface area contributed by atoms with E-state index in [1.165, 1.54) is 0 Å². The maximum absolute atomic E-state index is 11.6. The molecule has 0 radical (unpaired) electrons. The molecule has 7 nitrogen and oxygen atoms in total. The van der Waals surface area contributed by atoms with Crippen molar-refractivity contribution < 1.29 is 8.42 Å². The van der Waals surface area contributed by atoms with E-state index in [0.717, 1.165) is 11.3 Å². The van der Waals surface area contributed by atoms with Gasteiger partial charge >= 0.3 is 0 Å². The van der Waals surface area contributed by atoms with Crippen LogP contribution in [-0.4, -0.2) is 48.3 Å². The van der Waals surface area contributed by atoms with Crippen LogP contribution in [-0.2, 0) is 16.4 Å². The normalized spacial score (nSPS) is 19.0. The molecule has 0 amide bonds. The number of aromatic nitrogens is 2. The van der Waals surface area contributed by atoms with Gasteiger partial charge in [-0.1, -0.05) is 18.2 Å². The van der Waals surface area contributed by atoms with E-state index in [9.17, 15) is 8.42 Å². The van der Waals surface area contributed by atoms with Crippen LogP contribution in [0.15, 0.2) is 47.7 Å². The van der Waals surface area contributed by atoms with Gasteiger partial charge in [-0.3, -0.25) is 0 Å². The van der Waals surface area contributed by atoms with E-state index < -0.39 is 9.84 Å². The molecule has 0 saturated carbocycles.